The van der Waals surface area contributed by atoms with Crippen molar-refractivity contribution in [3.8, 4) is 0 Å². The highest BCUT2D eigenvalue weighted by Crippen LogP contribution is 2.31. The van der Waals surface area contributed by atoms with Gasteiger partial charge in [-0.15, -0.1) is 0 Å². The van der Waals surface area contributed by atoms with Gasteiger partial charge in [-0.1, -0.05) is 18.5 Å². The molecule has 0 radical (unpaired) electrons. The first-order valence-corrected chi connectivity index (χ1v) is 7.66. The van der Waals surface area contributed by atoms with Gasteiger partial charge in [0.2, 0.25) is 0 Å². The normalized spacial score (nSPS) is 25.0. The van der Waals surface area contributed by atoms with Gasteiger partial charge in [-0.05, 0) is 60.4 Å². The highest BCUT2D eigenvalue weighted by atomic mass is 79.9. The number of benzene rings is 1. The second-order valence-electron chi connectivity index (χ2n) is 5.21. The van der Waals surface area contributed by atoms with Gasteiger partial charge in [-0.2, -0.15) is 0 Å². The maximum atomic E-state index is 6.12. The van der Waals surface area contributed by atoms with Crippen LogP contribution in [-0.2, 0) is 0 Å². The quantitative estimate of drug-likeness (QED) is 0.879. The van der Waals surface area contributed by atoms with Crippen molar-refractivity contribution in [3.63, 3.8) is 0 Å². The summed E-state index contributed by atoms with van der Waals surface area (Å²) in [6.45, 7) is 7.70. The molecule has 1 atom stereocenters. The minimum atomic E-state index is 0.179. The molecule has 18 heavy (non-hydrogen) atoms. The molecule has 1 aliphatic rings. The van der Waals surface area contributed by atoms with E-state index in [-0.39, 0.29) is 5.54 Å². The molecule has 1 N–H and O–H groups in total. The molecule has 1 saturated heterocycles. The Kier molecular flexibility index (Phi) is 4.57. The van der Waals surface area contributed by atoms with Crippen molar-refractivity contribution < 1.29 is 0 Å². The van der Waals surface area contributed by atoms with E-state index < -0.39 is 0 Å². The summed E-state index contributed by atoms with van der Waals surface area (Å²) >= 11 is 9.75. The Balaban J connectivity index is 2.28. The molecule has 0 aromatic heterocycles. The van der Waals surface area contributed by atoms with Crippen LogP contribution >= 0.6 is 27.5 Å². The molecule has 0 aliphatic carbocycles. The van der Waals surface area contributed by atoms with E-state index in [0.29, 0.717) is 0 Å². The van der Waals surface area contributed by atoms with Gasteiger partial charge in [0.25, 0.3) is 0 Å². The van der Waals surface area contributed by atoms with E-state index >= 15 is 0 Å². The van der Waals surface area contributed by atoms with Crippen LogP contribution in [0.15, 0.2) is 22.7 Å². The molecule has 0 spiro atoms. The fraction of sp³-hybridized carbons (Fsp3) is 0.571. The van der Waals surface area contributed by atoms with Crippen molar-refractivity contribution >= 4 is 33.2 Å². The van der Waals surface area contributed by atoms with E-state index in [2.05, 4.69) is 40.0 Å². The summed E-state index contributed by atoms with van der Waals surface area (Å²) in [5.74, 6) is 0. The molecule has 0 amide bonds. The third-order valence-corrected chi connectivity index (χ3v) is 4.63. The Morgan fingerprint density at radius 2 is 2.28 bits per heavy atom. The van der Waals surface area contributed by atoms with Crippen LogP contribution in [0.25, 0.3) is 0 Å². The lowest BCUT2D eigenvalue weighted by Gasteiger charge is -2.34. The number of hydrogen-bond donors (Lipinski definition) is 1. The van der Waals surface area contributed by atoms with Crippen molar-refractivity contribution in [2.24, 2.45) is 0 Å². The smallest absolute Gasteiger partial charge is 0.0526 e. The highest BCUT2D eigenvalue weighted by Gasteiger charge is 2.27. The van der Waals surface area contributed by atoms with Crippen LogP contribution in [-0.4, -0.2) is 25.2 Å². The summed E-state index contributed by atoms with van der Waals surface area (Å²) in [7, 11) is 0. The second kappa shape index (κ2) is 5.81. The Morgan fingerprint density at radius 3 is 3.00 bits per heavy atom. The largest absolute Gasteiger partial charge is 0.369 e. The number of anilines is 1. The van der Waals surface area contributed by atoms with E-state index in [0.717, 1.165) is 42.0 Å². The average molecular weight is 332 g/mol. The monoisotopic (exact) mass is 330 g/mol. The lowest BCUT2D eigenvalue weighted by Crippen LogP contribution is -2.48. The number of halogens is 2. The van der Waals surface area contributed by atoms with Gasteiger partial charge >= 0.3 is 0 Å². The van der Waals surface area contributed by atoms with Crippen LogP contribution < -0.4 is 10.2 Å². The summed E-state index contributed by atoms with van der Waals surface area (Å²) in [5, 5.41) is 4.45. The Morgan fingerprint density at radius 1 is 1.50 bits per heavy atom. The van der Waals surface area contributed by atoms with Crippen molar-refractivity contribution in [3.05, 3.63) is 27.7 Å². The molecule has 1 aliphatic heterocycles. The van der Waals surface area contributed by atoms with Gasteiger partial charge < -0.3 is 10.2 Å². The maximum absolute atomic E-state index is 6.12. The third-order valence-electron chi connectivity index (χ3n) is 3.73. The van der Waals surface area contributed by atoms with Crippen LogP contribution in [0.1, 0.15) is 26.7 Å². The molecule has 2 rings (SSSR count). The van der Waals surface area contributed by atoms with Crippen LogP contribution in [0.3, 0.4) is 0 Å². The molecule has 1 heterocycles. The van der Waals surface area contributed by atoms with E-state index in [9.17, 15) is 0 Å². The van der Waals surface area contributed by atoms with E-state index in [1.54, 1.807) is 0 Å². The minimum Gasteiger partial charge on any atom is -0.369 e. The Hall–Kier alpha value is -0.250. The summed E-state index contributed by atoms with van der Waals surface area (Å²) in [4.78, 5) is 2.43. The van der Waals surface area contributed by atoms with Gasteiger partial charge in [-0.3, -0.25) is 0 Å². The van der Waals surface area contributed by atoms with Gasteiger partial charge in [0.15, 0.2) is 0 Å². The van der Waals surface area contributed by atoms with Crippen molar-refractivity contribution in [2.45, 2.75) is 32.2 Å². The van der Waals surface area contributed by atoms with Crippen molar-refractivity contribution in [1.29, 1.82) is 0 Å². The predicted octanol–water partition coefficient (Wildman–Crippen LogP) is 4.07. The van der Waals surface area contributed by atoms with Crippen molar-refractivity contribution in [2.75, 3.05) is 24.5 Å². The molecule has 1 unspecified atom stereocenters. The molecule has 4 heteroatoms. The summed E-state index contributed by atoms with van der Waals surface area (Å²) < 4.78 is 1.12. The van der Waals surface area contributed by atoms with Gasteiger partial charge in [0.05, 0.1) is 5.69 Å². The number of nitrogens with zero attached hydrogens (tertiary/aromatic N) is 1. The summed E-state index contributed by atoms with van der Waals surface area (Å²) in [5.41, 5.74) is 1.38. The SMILES string of the molecule is CCC1(C)CN(c2cc(Cl)ccc2Br)CCCN1. The zero-order chi connectivity index (χ0) is 13.2. The molecule has 1 aromatic rings. The van der Waals surface area contributed by atoms with Crippen LogP contribution in [0.5, 0.6) is 0 Å². The first kappa shape index (κ1) is 14.2. The second-order valence-corrected chi connectivity index (χ2v) is 6.50. The molecular formula is C14H20BrClN2. The molecule has 1 aromatic carbocycles. The summed E-state index contributed by atoms with van der Waals surface area (Å²) in [6.07, 6.45) is 2.29. The van der Waals surface area contributed by atoms with Crippen LogP contribution in [0, 0.1) is 0 Å². The fourth-order valence-corrected chi connectivity index (χ4v) is 3.05. The minimum absolute atomic E-state index is 0.179. The van der Waals surface area contributed by atoms with E-state index in [4.69, 9.17) is 11.6 Å². The molecule has 1 fully saturated rings. The molecule has 0 bridgehead atoms. The number of rotatable bonds is 2. The Labute approximate surface area is 123 Å². The zero-order valence-electron chi connectivity index (χ0n) is 11.0. The first-order valence-electron chi connectivity index (χ1n) is 6.49. The topological polar surface area (TPSA) is 15.3 Å². The standard InChI is InChI=1S/C14H20BrClN2/c1-3-14(2)10-18(8-4-7-17-14)13-9-11(16)5-6-12(13)15/h5-6,9,17H,3-4,7-8,10H2,1-2H3. The third kappa shape index (κ3) is 3.19. The van der Waals surface area contributed by atoms with Crippen molar-refractivity contribution in [1.82, 2.24) is 5.32 Å². The Bertz CT molecular complexity index is 424. The lowest BCUT2D eigenvalue weighted by molar-refractivity contribution is 0.366. The van der Waals surface area contributed by atoms with E-state index in [1.165, 1.54) is 5.69 Å². The van der Waals surface area contributed by atoms with E-state index in [1.807, 2.05) is 18.2 Å². The van der Waals surface area contributed by atoms with Crippen LogP contribution in [0.4, 0.5) is 5.69 Å². The summed E-state index contributed by atoms with van der Waals surface area (Å²) in [6, 6.07) is 6.00. The molecular weight excluding hydrogens is 312 g/mol. The lowest BCUT2D eigenvalue weighted by atomic mass is 9.98. The zero-order valence-corrected chi connectivity index (χ0v) is 13.3. The highest BCUT2D eigenvalue weighted by molar-refractivity contribution is 9.10. The fourth-order valence-electron chi connectivity index (χ4n) is 2.39. The van der Waals surface area contributed by atoms with Gasteiger partial charge in [-0.25, -0.2) is 0 Å². The number of hydrogen-bond acceptors (Lipinski definition) is 2. The molecule has 0 saturated carbocycles. The van der Waals surface area contributed by atoms with Gasteiger partial charge in [0, 0.05) is 28.1 Å². The maximum Gasteiger partial charge on any atom is 0.0526 e. The van der Waals surface area contributed by atoms with Gasteiger partial charge in [0.1, 0.15) is 0 Å². The number of nitrogens with one attached hydrogen (secondary N) is 1. The van der Waals surface area contributed by atoms with Crippen LogP contribution in [0.2, 0.25) is 5.02 Å². The molecule has 2 nitrogen and oxygen atoms in total. The first-order chi connectivity index (χ1) is 8.54. The molecule has 100 valence electrons. The average Bonchev–Trinajstić information content (AvgIpc) is 2.55. The predicted molar refractivity (Wildman–Crippen MR) is 82.7 cm³/mol.